The van der Waals surface area contributed by atoms with Crippen molar-refractivity contribution in [3.63, 3.8) is 0 Å². The number of carbonyl (C=O) groups excluding carboxylic acids is 3. The number of amides is 3. The predicted molar refractivity (Wildman–Crippen MR) is 117 cm³/mol. The number of benzene rings is 2. The highest BCUT2D eigenvalue weighted by atomic mass is 35.5. The maximum Gasteiger partial charge on any atom is 0.245 e. The Hall–Kier alpha value is -3.24. The zero-order valence-corrected chi connectivity index (χ0v) is 18.4. The van der Waals surface area contributed by atoms with Crippen LogP contribution in [0.2, 0.25) is 0 Å². The summed E-state index contributed by atoms with van der Waals surface area (Å²) in [5, 5.41) is 3.76. The molecule has 0 bridgehead atoms. The van der Waals surface area contributed by atoms with Gasteiger partial charge in [-0.2, -0.15) is 0 Å². The van der Waals surface area contributed by atoms with E-state index in [0.29, 0.717) is 11.1 Å². The Kier molecular flexibility index (Phi) is 6.65. The predicted octanol–water partition coefficient (Wildman–Crippen LogP) is 4.09. The molecular weight excluding hydrogens is 438 g/mol. The second kappa shape index (κ2) is 9.09. The van der Waals surface area contributed by atoms with Gasteiger partial charge in [-0.05, 0) is 29.8 Å². The highest BCUT2D eigenvalue weighted by molar-refractivity contribution is 6.33. The molecule has 0 saturated carbocycles. The average Bonchev–Trinajstić information content (AvgIpc) is 2.73. The molecule has 0 aliphatic carbocycles. The fourth-order valence-corrected chi connectivity index (χ4v) is 3.35. The third kappa shape index (κ3) is 5.14. The van der Waals surface area contributed by atoms with Gasteiger partial charge < -0.3 is 5.32 Å². The third-order valence-corrected chi connectivity index (χ3v) is 5.47. The molecule has 1 fully saturated rings. The molecule has 2 N–H and O–H groups in total. The van der Waals surface area contributed by atoms with Crippen LogP contribution in [0.15, 0.2) is 36.4 Å². The molecule has 166 valence electrons. The van der Waals surface area contributed by atoms with E-state index in [4.69, 9.17) is 11.6 Å². The standard InChI is InChI=1S/C24H21ClF2N2O3/c1-24(2,3)23(32)29-21-15(10-11-17(26)20(21)27)9-6-13-4-7-14(8-5-13)16-12-18(30)28-22(31)19(16)25/h4-5,7-8,10-11,16,19H,12H2,1-3H3,(H,29,32)(H,28,30,31). The van der Waals surface area contributed by atoms with E-state index in [-0.39, 0.29) is 23.6 Å². The van der Waals surface area contributed by atoms with E-state index in [1.165, 1.54) is 6.07 Å². The van der Waals surface area contributed by atoms with Crippen LogP contribution in [-0.2, 0) is 14.4 Å². The maximum atomic E-state index is 14.4. The molecule has 1 heterocycles. The fourth-order valence-electron chi connectivity index (χ4n) is 3.06. The third-order valence-electron chi connectivity index (χ3n) is 4.97. The zero-order chi connectivity index (χ0) is 23.6. The Labute approximate surface area is 189 Å². The molecule has 1 aliphatic rings. The lowest BCUT2D eigenvalue weighted by Gasteiger charge is -2.26. The van der Waals surface area contributed by atoms with Crippen molar-refractivity contribution in [3.05, 3.63) is 64.7 Å². The summed E-state index contributed by atoms with van der Waals surface area (Å²) in [5.41, 5.74) is 0.275. The van der Waals surface area contributed by atoms with Crippen LogP contribution in [-0.4, -0.2) is 23.1 Å². The molecule has 8 heteroatoms. The summed E-state index contributed by atoms with van der Waals surface area (Å²) in [6, 6.07) is 9.02. The average molecular weight is 459 g/mol. The van der Waals surface area contributed by atoms with Crippen molar-refractivity contribution in [2.75, 3.05) is 5.32 Å². The second-order valence-corrected chi connectivity index (χ2v) is 8.96. The van der Waals surface area contributed by atoms with Gasteiger partial charge in [-0.25, -0.2) is 8.78 Å². The molecule has 3 rings (SSSR count). The molecule has 5 nitrogen and oxygen atoms in total. The smallest absolute Gasteiger partial charge is 0.245 e. The van der Waals surface area contributed by atoms with Crippen molar-refractivity contribution in [1.29, 1.82) is 0 Å². The van der Waals surface area contributed by atoms with Crippen LogP contribution in [0.5, 0.6) is 0 Å². The first-order valence-corrected chi connectivity index (χ1v) is 10.3. The second-order valence-electron chi connectivity index (χ2n) is 8.48. The van der Waals surface area contributed by atoms with Gasteiger partial charge in [0.05, 0.1) is 11.3 Å². The summed E-state index contributed by atoms with van der Waals surface area (Å²) < 4.78 is 28.1. The molecular formula is C24H21ClF2N2O3. The zero-order valence-electron chi connectivity index (χ0n) is 17.7. The Morgan fingerprint density at radius 1 is 1.09 bits per heavy atom. The number of piperidine rings is 1. The SMILES string of the molecule is CC(C)(C)C(=O)Nc1c(C#Cc2ccc(C3CC(=O)NC(=O)C3Cl)cc2)ccc(F)c1F. The van der Waals surface area contributed by atoms with Gasteiger partial charge in [0.25, 0.3) is 0 Å². The summed E-state index contributed by atoms with van der Waals surface area (Å²) in [7, 11) is 0. The molecule has 0 radical (unpaired) electrons. The normalized spacial score (nSPS) is 18.4. The van der Waals surface area contributed by atoms with Gasteiger partial charge in [0, 0.05) is 23.3 Å². The summed E-state index contributed by atoms with van der Waals surface area (Å²) in [4.78, 5) is 35.7. The lowest BCUT2D eigenvalue weighted by atomic mass is 9.88. The number of rotatable bonds is 2. The van der Waals surface area contributed by atoms with Gasteiger partial charge in [-0.1, -0.05) is 44.7 Å². The van der Waals surface area contributed by atoms with Crippen LogP contribution in [0.1, 0.15) is 49.8 Å². The van der Waals surface area contributed by atoms with E-state index in [9.17, 15) is 23.2 Å². The molecule has 2 unspecified atom stereocenters. The van der Waals surface area contributed by atoms with Crippen molar-refractivity contribution in [2.45, 2.75) is 38.5 Å². The first-order chi connectivity index (χ1) is 15.0. The quantitative estimate of drug-likeness (QED) is 0.404. The molecule has 0 aromatic heterocycles. The summed E-state index contributed by atoms with van der Waals surface area (Å²) >= 11 is 6.14. The number of alkyl halides is 1. The van der Waals surface area contributed by atoms with Crippen LogP contribution >= 0.6 is 11.6 Å². The van der Waals surface area contributed by atoms with Crippen molar-refractivity contribution >= 4 is 35.0 Å². The number of halogens is 3. The minimum atomic E-state index is -1.18. The Bertz CT molecular complexity index is 1140. The van der Waals surface area contributed by atoms with E-state index >= 15 is 0 Å². The van der Waals surface area contributed by atoms with Gasteiger partial charge in [-0.15, -0.1) is 11.6 Å². The van der Waals surface area contributed by atoms with Crippen molar-refractivity contribution in [1.82, 2.24) is 5.32 Å². The molecule has 0 spiro atoms. The number of hydrogen-bond donors (Lipinski definition) is 2. The number of carbonyl (C=O) groups is 3. The van der Waals surface area contributed by atoms with Crippen LogP contribution in [0.25, 0.3) is 0 Å². The van der Waals surface area contributed by atoms with E-state index in [2.05, 4.69) is 22.5 Å². The number of anilines is 1. The van der Waals surface area contributed by atoms with E-state index in [1.807, 2.05) is 0 Å². The fraction of sp³-hybridized carbons (Fsp3) is 0.292. The van der Waals surface area contributed by atoms with Gasteiger partial charge in [0.2, 0.25) is 17.7 Å². The summed E-state index contributed by atoms with van der Waals surface area (Å²) in [6.07, 6.45) is 0.0939. The highest BCUT2D eigenvalue weighted by Crippen LogP contribution is 2.30. The van der Waals surface area contributed by atoms with Gasteiger partial charge in [0.1, 0.15) is 5.38 Å². The minimum absolute atomic E-state index is 0.0939. The Morgan fingerprint density at radius 3 is 2.38 bits per heavy atom. The minimum Gasteiger partial charge on any atom is -0.322 e. The van der Waals surface area contributed by atoms with Gasteiger partial charge in [-0.3, -0.25) is 19.7 Å². The molecule has 1 aliphatic heterocycles. The molecule has 2 aromatic carbocycles. The number of hydrogen-bond acceptors (Lipinski definition) is 3. The highest BCUT2D eigenvalue weighted by Gasteiger charge is 2.35. The molecule has 32 heavy (non-hydrogen) atoms. The number of imide groups is 1. The molecule has 2 aromatic rings. The number of nitrogens with one attached hydrogen (secondary N) is 2. The largest absolute Gasteiger partial charge is 0.322 e. The van der Waals surface area contributed by atoms with Gasteiger partial charge in [0.15, 0.2) is 11.6 Å². The molecule has 3 amide bonds. The topological polar surface area (TPSA) is 75.3 Å². The Morgan fingerprint density at radius 2 is 1.75 bits per heavy atom. The first-order valence-electron chi connectivity index (χ1n) is 9.86. The van der Waals surface area contributed by atoms with E-state index in [0.717, 1.165) is 6.07 Å². The lowest BCUT2D eigenvalue weighted by molar-refractivity contribution is -0.133. The summed E-state index contributed by atoms with van der Waals surface area (Å²) in [6.45, 7) is 4.96. The van der Waals surface area contributed by atoms with Crippen LogP contribution < -0.4 is 10.6 Å². The molecule has 1 saturated heterocycles. The van der Waals surface area contributed by atoms with Crippen LogP contribution in [0, 0.1) is 28.9 Å². The first kappa shape index (κ1) is 23.4. The monoisotopic (exact) mass is 458 g/mol. The maximum absolute atomic E-state index is 14.4. The van der Waals surface area contributed by atoms with Gasteiger partial charge >= 0.3 is 0 Å². The molecule has 2 atom stereocenters. The van der Waals surface area contributed by atoms with Crippen molar-refractivity contribution < 1.29 is 23.2 Å². The van der Waals surface area contributed by atoms with Crippen LogP contribution in [0.4, 0.5) is 14.5 Å². The summed E-state index contributed by atoms with van der Waals surface area (Å²) in [5.74, 6) is 1.49. The van der Waals surface area contributed by atoms with Crippen LogP contribution in [0.3, 0.4) is 0 Å². The Balaban J connectivity index is 1.87. The van der Waals surface area contributed by atoms with E-state index in [1.54, 1.807) is 45.0 Å². The van der Waals surface area contributed by atoms with E-state index < -0.39 is 40.2 Å². The van der Waals surface area contributed by atoms with Crippen molar-refractivity contribution in [3.8, 4) is 11.8 Å². The lowest BCUT2D eigenvalue weighted by Crippen LogP contribution is -2.45. The van der Waals surface area contributed by atoms with Crippen molar-refractivity contribution in [2.24, 2.45) is 5.41 Å².